The second-order valence-corrected chi connectivity index (χ2v) is 6.08. The summed E-state index contributed by atoms with van der Waals surface area (Å²) in [7, 11) is 2.09. The quantitative estimate of drug-likeness (QED) is 0.935. The van der Waals surface area contributed by atoms with Crippen LogP contribution in [0.2, 0.25) is 0 Å². The van der Waals surface area contributed by atoms with Crippen LogP contribution in [-0.2, 0) is 6.54 Å². The zero-order valence-corrected chi connectivity index (χ0v) is 13.0. The maximum absolute atomic E-state index is 4.80. The summed E-state index contributed by atoms with van der Waals surface area (Å²) in [6.07, 6.45) is 2.48. The molecule has 0 saturated carbocycles. The van der Waals surface area contributed by atoms with Crippen molar-refractivity contribution in [1.29, 1.82) is 0 Å². The minimum Gasteiger partial charge on any atom is -0.317 e. The highest BCUT2D eigenvalue weighted by molar-refractivity contribution is 5.78. The summed E-state index contributed by atoms with van der Waals surface area (Å²) in [5, 5.41) is 4.69. The highest BCUT2D eigenvalue weighted by atomic mass is 15.2. The van der Waals surface area contributed by atoms with Gasteiger partial charge >= 0.3 is 0 Å². The Morgan fingerprint density at radius 3 is 2.90 bits per heavy atom. The molecule has 1 fully saturated rings. The van der Waals surface area contributed by atoms with Crippen molar-refractivity contribution >= 4 is 10.9 Å². The molecule has 3 rings (SSSR count). The number of rotatable bonds is 4. The maximum atomic E-state index is 4.80. The van der Waals surface area contributed by atoms with E-state index in [9.17, 15) is 0 Å². The molecule has 1 saturated heterocycles. The molecule has 0 radical (unpaired) electrons. The van der Waals surface area contributed by atoms with Gasteiger partial charge in [0.1, 0.15) is 0 Å². The van der Waals surface area contributed by atoms with Crippen LogP contribution in [0.4, 0.5) is 0 Å². The van der Waals surface area contributed by atoms with E-state index in [4.69, 9.17) is 4.98 Å². The molecule has 2 unspecified atom stereocenters. The zero-order valence-electron chi connectivity index (χ0n) is 13.0. The van der Waals surface area contributed by atoms with Gasteiger partial charge in [-0.05, 0) is 31.5 Å². The summed E-state index contributed by atoms with van der Waals surface area (Å²) in [5.74, 6) is 0.754. The molecule has 2 aromatic rings. The molecule has 2 heterocycles. The van der Waals surface area contributed by atoms with Crippen LogP contribution >= 0.6 is 0 Å². The number of nitrogens with one attached hydrogen (secondary N) is 1. The lowest BCUT2D eigenvalue weighted by molar-refractivity contribution is 0.131. The molecule has 3 nitrogen and oxygen atoms in total. The average Bonchev–Trinajstić information content (AvgIpc) is 2.54. The number of hydrogen-bond acceptors (Lipinski definition) is 3. The predicted octanol–water partition coefficient (Wildman–Crippen LogP) is 3.05. The van der Waals surface area contributed by atoms with Crippen molar-refractivity contribution in [2.24, 2.45) is 5.92 Å². The van der Waals surface area contributed by atoms with Crippen LogP contribution in [0.25, 0.3) is 10.9 Å². The highest BCUT2D eigenvalue weighted by Crippen LogP contribution is 2.22. The van der Waals surface area contributed by atoms with Crippen LogP contribution in [0.5, 0.6) is 0 Å². The largest absolute Gasteiger partial charge is 0.317 e. The first-order chi connectivity index (χ1) is 10.3. The number of pyridine rings is 1. The molecule has 1 aromatic heterocycles. The Morgan fingerprint density at radius 2 is 2.10 bits per heavy atom. The van der Waals surface area contributed by atoms with E-state index in [0.717, 1.165) is 24.5 Å². The van der Waals surface area contributed by atoms with Gasteiger partial charge in [0.15, 0.2) is 0 Å². The standard InChI is InChI=1S/C18H25N3/c1-3-14-12-21(11-10-17(14)19-2)13-16-9-8-15-6-4-5-7-18(15)20-16/h4-9,14,17,19H,3,10-13H2,1-2H3. The van der Waals surface area contributed by atoms with E-state index in [0.29, 0.717) is 6.04 Å². The van der Waals surface area contributed by atoms with Gasteiger partial charge in [-0.2, -0.15) is 0 Å². The molecule has 0 spiro atoms. The fourth-order valence-electron chi connectivity index (χ4n) is 3.47. The van der Waals surface area contributed by atoms with Gasteiger partial charge in [-0.15, -0.1) is 0 Å². The maximum Gasteiger partial charge on any atom is 0.0705 e. The van der Waals surface area contributed by atoms with E-state index in [-0.39, 0.29) is 0 Å². The summed E-state index contributed by atoms with van der Waals surface area (Å²) >= 11 is 0. The van der Waals surface area contributed by atoms with E-state index < -0.39 is 0 Å². The predicted molar refractivity (Wildman–Crippen MR) is 88.3 cm³/mol. The fraction of sp³-hybridized carbons (Fsp3) is 0.500. The number of piperidine rings is 1. The van der Waals surface area contributed by atoms with Crippen LogP contribution in [0, 0.1) is 5.92 Å². The second-order valence-electron chi connectivity index (χ2n) is 6.08. The van der Waals surface area contributed by atoms with Crippen molar-refractivity contribution in [2.75, 3.05) is 20.1 Å². The molecule has 1 aliphatic rings. The molecule has 0 aliphatic carbocycles. The average molecular weight is 283 g/mol. The Labute approximate surface area is 127 Å². The van der Waals surface area contributed by atoms with Crippen LogP contribution in [0.3, 0.4) is 0 Å². The second kappa shape index (κ2) is 6.54. The molecule has 112 valence electrons. The summed E-state index contributed by atoms with van der Waals surface area (Å²) < 4.78 is 0. The third-order valence-corrected chi connectivity index (χ3v) is 4.75. The van der Waals surface area contributed by atoms with Crippen LogP contribution in [-0.4, -0.2) is 36.1 Å². The van der Waals surface area contributed by atoms with Crippen LogP contribution in [0.1, 0.15) is 25.5 Å². The fourth-order valence-corrected chi connectivity index (χ4v) is 3.47. The Morgan fingerprint density at radius 1 is 1.24 bits per heavy atom. The highest BCUT2D eigenvalue weighted by Gasteiger charge is 2.26. The number of benzene rings is 1. The Kier molecular flexibility index (Phi) is 4.51. The Balaban J connectivity index is 1.70. The number of likely N-dealkylation sites (tertiary alicyclic amines) is 1. The van der Waals surface area contributed by atoms with E-state index in [2.05, 4.69) is 60.6 Å². The van der Waals surface area contributed by atoms with Gasteiger partial charge in [0.05, 0.1) is 11.2 Å². The van der Waals surface area contributed by atoms with Crippen molar-refractivity contribution in [3.63, 3.8) is 0 Å². The van der Waals surface area contributed by atoms with Crippen molar-refractivity contribution in [2.45, 2.75) is 32.4 Å². The van der Waals surface area contributed by atoms with Crippen LogP contribution in [0.15, 0.2) is 36.4 Å². The third-order valence-electron chi connectivity index (χ3n) is 4.75. The minimum absolute atomic E-state index is 0.677. The van der Waals surface area contributed by atoms with Gasteiger partial charge in [0.2, 0.25) is 0 Å². The van der Waals surface area contributed by atoms with Gasteiger partial charge in [0.25, 0.3) is 0 Å². The van der Waals surface area contributed by atoms with Gasteiger partial charge in [-0.1, -0.05) is 37.6 Å². The van der Waals surface area contributed by atoms with Crippen molar-refractivity contribution < 1.29 is 0 Å². The molecule has 2 atom stereocenters. The molecule has 0 amide bonds. The lowest BCUT2D eigenvalue weighted by Crippen LogP contribution is -2.47. The Bertz CT molecular complexity index is 596. The first kappa shape index (κ1) is 14.5. The minimum atomic E-state index is 0.677. The monoisotopic (exact) mass is 283 g/mol. The molecular formula is C18H25N3. The number of aromatic nitrogens is 1. The van der Waals surface area contributed by atoms with Gasteiger partial charge < -0.3 is 5.32 Å². The van der Waals surface area contributed by atoms with Crippen molar-refractivity contribution in [3.8, 4) is 0 Å². The van der Waals surface area contributed by atoms with E-state index in [1.54, 1.807) is 0 Å². The van der Waals surface area contributed by atoms with Gasteiger partial charge in [-0.3, -0.25) is 9.88 Å². The summed E-state index contributed by atoms with van der Waals surface area (Å²) in [6, 6.07) is 13.4. The van der Waals surface area contributed by atoms with Crippen molar-refractivity contribution in [3.05, 3.63) is 42.1 Å². The molecule has 1 aromatic carbocycles. The lowest BCUT2D eigenvalue weighted by atomic mass is 9.90. The molecule has 1 aliphatic heterocycles. The topological polar surface area (TPSA) is 28.2 Å². The molecule has 3 heteroatoms. The van der Waals surface area contributed by atoms with Gasteiger partial charge in [-0.25, -0.2) is 0 Å². The number of para-hydroxylation sites is 1. The lowest BCUT2D eigenvalue weighted by Gasteiger charge is -2.38. The first-order valence-corrected chi connectivity index (χ1v) is 8.04. The normalized spacial score (nSPS) is 23.5. The van der Waals surface area contributed by atoms with E-state index in [1.165, 1.54) is 30.5 Å². The SMILES string of the molecule is CCC1CN(Cc2ccc3ccccc3n2)CCC1NC. The first-order valence-electron chi connectivity index (χ1n) is 8.04. The summed E-state index contributed by atoms with van der Waals surface area (Å²) in [5.41, 5.74) is 2.29. The number of nitrogens with zero attached hydrogens (tertiary/aromatic N) is 2. The van der Waals surface area contributed by atoms with E-state index in [1.807, 2.05) is 0 Å². The summed E-state index contributed by atoms with van der Waals surface area (Å²) in [6.45, 7) is 5.61. The number of fused-ring (bicyclic) bond motifs is 1. The number of hydrogen-bond donors (Lipinski definition) is 1. The molecule has 21 heavy (non-hydrogen) atoms. The molecular weight excluding hydrogens is 258 g/mol. The third kappa shape index (κ3) is 3.25. The van der Waals surface area contributed by atoms with Gasteiger partial charge in [0, 0.05) is 31.1 Å². The van der Waals surface area contributed by atoms with E-state index >= 15 is 0 Å². The zero-order chi connectivity index (χ0) is 14.7. The Hall–Kier alpha value is -1.45. The molecule has 0 bridgehead atoms. The molecule has 1 N–H and O–H groups in total. The summed E-state index contributed by atoms with van der Waals surface area (Å²) in [4.78, 5) is 7.36. The van der Waals surface area contributed by atoms with Crippen LogP contribution < -0.4 is 5.32 Å². The smallest absolute Gasteiger partial charge is 0.0705 e. The van der Waals surface area contributed by atoms with Crippen molar-refractivity contribution in [1.82, 2.24) is 15.2 Å².